The van der Waals surface area contributed by atoms with Crippen molar-refractivity contribution < 1.29 is 19.4 Å². The quantitative estimate of drug-likeness (QED) is 0.448. The average molecular weight is 465 g/mol. The molecule has 3 N–H and O–H groups in total. The number of amides is 1. The van der Waals surface area contributed by atoms with Crippen molar-refractivity contribution in [3.05, 3.63) is 47.8 Å². The Balaban J connectivity index is 1.13. The number of aliphatic hydroxyl groups excluding tert-OH is 1. The van der Waals surface area contributed by atoms with E-state index in [-0.39, 0.29) is 24.5 Å². The minimum Gasteiger partial charge on any atom is -0.481 e. The monoisotopic (exact) mass is 464 g/mol. The second-order valence-corrected chi connectivity index (χ2v) is 8.65. The van der Waals surface area contributed by atoms with Crippen LogP contribution in [0.1, 0.15) is 11.3 Å². The van der Waals surface area contributed by atoms with Crippen molar-refractivity contribution in [3.63, 3.8) is 0 Å². The molecule has 3 aromatic heterocycles. The smallest absolute Gasteiger partial charge is 0.263 e. The van der Waals surface area contributed by atoms with Gasteiger partial charge in [0.25, 0.3) is 5.91 Å². The number of ether oxygens (including phenoxy) is 2. The molecule has 0 aliphatic carbocycles. The number of carbonyl (C=O) groups excluding carboxylic acids is 1. The molecule has 5 rings (SSSR count). The van der Waals surface area contributed by atoms with Gasteiger partial charge >= 0.3 is 0 Å². The van der Waals surface area contributed by atoms with Gasteiger partial charge in [0.15, 0.2) is 18.2 Å². The molecule has 2 aliphatic heterocycles. The predicted octanol–water partition coefficient (Wildman–Crippen LogP) is 0.989. The van der Waals surface area contributed by atoms with Gasteiger partial charge in [0, 0.05) is 50.9 Å². The van der Waals surface area contributed by atoms with Crippen LogP contribution in [0.4, 0.5) is 5.82 Å². The average Bonchev–Trinajstić information content (AvgIpc) is 3.21. The first-order chi connectivity index (χ1) is 16.6. The number of hydrogen-bond donors (Lipinski definition) is 3. The van der Waals surface area contributed by atoms with Crippen LogP contribution in [0.15, 0.2) is 36.5 Å². The molecule has 2 aliphatic rings. The number of nitrogens with zero attached hydrogens (tertiary/aromatic N) is 4. The third-order valence-corrected chi connectivity index (χ3v) is 6.28. The van der Waals surface area contributed by atoms with Crippen molar-refractivity contribution in [2.75, 3.05) is 45.2 Å². The van der Waals surface area contributed by atoms with Crippen molar-refractivity contribution in [1.29, 1.82) is 0 Å². The minimum atomic E-state index is -0.385. The summed E-state index contributed by atoms with van der Waals surface area (Å²) in [4.78, 5) is 27.2. The highest BCUT2D eigenvalue weighted by Gasteiger charge is 2.30. The topological polar surface area (TPSA) is 122 Å². The van der Waals surface area contributed by atoms with Gasteiger partial charge in [0.1, 0.15) is 0 Å². The van der Waals surface area contributed by atoms with Crippen molar-refractivity contribution in [3.8, 4) is 11.6 Å². The number of hydrogen-bond acceptors (Lipinski definition) is 9. The lowest BCUT2D eigenvalue weighted by Crippen LogP contribution is -2.31. The molecule has 0 spiro atoms. The van der Waals surface area contributed by atoms with Crippen LogP contribution in [0.5, 0.6) is 11.6 Å². The van der Waals surface area contributed by atoms with Gasteiger partial charge in [-0.25, -0.2) is 9.97 Å². The van der Waals surface area contributed by atoms with E-state index in [1.165, 1.54) is 0 Å². The van der Waals surface area contributed by atoms with Crippen molar-refractivity contribution in [1.82, 2.24) is 25.2 Å². The number of β-amino-alcohol motifs (C(OH)–C–C–N with tert-alkyl or cyclic N) is 1. The van der Waals surface area contributed by atoms with Crippen LogP contribution in [0.25, 0.3) is 11.0 Å². The first-order valence-corrected chi connectivity index (χ1v) is 11.4. The molecule has 5 heterocycles. The molecule has 0 saturated carbocycles. The predicted molar refractivity (Wildman–Crippen MR) is 126 cm³/mol. The Bertz CT molecular complexity index is 1190. The maximum absolute atomic E-state index is 11.5. The summed E-state index contributed by atoms with van der Waals surface area (Å²) in [5, 5.41) is 16.7. The van der Waals surface area contributed by atoms with Gasteiger partial charge in [0.2, 0.25) is 5.88 Å². The number of carbonyl (C=O) groups is 1. The summed E-state index contributed by atoms with van der Waals surface area (Å²) in [6.07, 6.45) is 2.24. The van der Waals surface area contributed by atoms with E-state index in [1.54, 1.807) is 7.11 Å². The van der Waals surface area contributed by atoms with E-state index in [1.807, 2.05) is 36.5 Å². The molecule has 1 saturated heterocycles. The second kappa shape index (κ2) is 9.88. The van der Waals surface area contributed by atoms with E-state index in [4.69, 9.17) is 9.47 Å². The molecule has 1 fully saturated rings. The van der Waals surface area contributed by atoms with E-state index in [2.05, 4.69) is 30.5 Å². The first-order valence-electron chi connectivity index (χ1n) is 11.4. The van der Waals surface area contributed by atoms with E-state index in [9.17, 15) is 9.90 Å². The van der Waals surface area contributed by atoms with Gasteiger partial charge in [-0.15, -0.1) is 0 Å². The number of anilines is 1. The van der Waals surface area contributed by atoms with Gasteiger partial charge < -0.3 is 30.1 Å². The van der Waals surface area contributed by atoms with Crippen molar-refractivity contribution in [2.45, 2.75) is 19.1 Å². The fourth-order valence-corrected chi connectivity index (χ4v) is 4.47. The molecular weight excluding hydrogens is 436 g/mol. The van der Waals surface area contributed by atoms with E-state index >= 15 is 0 Å². The minimum absolute atomic E-state index is 0.0183. The molecule has 1 amide bonds. The molecule has 178 valence electrons. The molecular formula is C24H28N6O4. The lowest BCUT2D eigenvalue weighted by Gasteiger charge is -2.18. The summed E-state index contributed by atoms with van der Waals surface area (Å²) in [6.45, 7) is 3.53. The fourth-order valence-electron chi connectivity index (χ4n) is 4.47. The number of aromatic nitrogens is 3. The van der Waals surface area contributed by atoms with Crippen molar-refractivity contribution in [2.24, 2.45) is 5.92 Å². The zero-order chi connectivity index (χ0) is 23.5. The van der Waals surface area contributed by atoms with E-state index in [0.717, 1.165) is 41.8 Å². The number of pyridine rings is 3. The Morgan fingerprint density at radius 3 is 3.03 bits per heavy atom. The van der Waals surface area contributed by atoms with Gasteiger partial charge in [-0.05, 0) is 36.2 Å². The van der Waals surface area contributed by atoms with Gasteiger partial charge in [0.05, 0.1) is 29.9 Å². The van der Waals surface area contributed by atoms with Crippen LogP contribution in [-0.4, -0.2) is 76.9 Å². The van der Waals surface area contributed by atoms with Gasteiger partial charge in [-0.1, -0.05) is 0 Å². The Morgan fingerprint density at radius 1 is 1.24 bits per heavy atom. The van der Waals surface area contributed by atoms with E-state index in [0.29, 0.717) is 37.1 Å². The lowest BCUT2D eigenvalue weighted by molar-refractivity contribution is -0.118. The fraction of sp³-hybridized carbons (Fsp3) is 0.417. The standard InChI is InChI=1S/C24H28N6O4/c1-33-22-5-3-18-23(29-22)15(6-8-26-18)7-9-30-12-16(19(31)13-30)10-25-11-17-2-4-20-24(27-17)28-21(32)14-34-20/h2-6,8,16,19,25,31H,7,9-14H2,1H3,(H,27,28,32)/t16-,19+/m0/s1. The SMILES string of the molecule is COc1ccc2nccc(CCN3C[C@H](CNCc4ccc5c(n4)NC(=O)CO5)[C@H](O)C3)c2n1. The summed E-state index contributed by atoms with van der Waals surface area (Å²) in [5.41, 5.74) is 3.64. The van der Waals surface area contributed by atoms with Crippen LogP contribution in [-0.2, 0) is 17.8 Å². The summed E-state index contributed by atoms with van der Waals surface area (Å²) >= 11 is 0. The highest BCUT2D eigenvalue weighted by molar-refractivity contribution is 5.94. The number of fused-ring (bicyclic) bond motifs is 2. The molecule has 3 aromatic rings. The molecule has 0 radical (unpaired) electrons. The highest BCUT2D eigenvalue weighted by Crippen LogP contribution is 2.25. The Labute approximate surface area is 197 Å². The Morgan fingerprint density at radius 2 is 2.15 bits per heavy atom. The van der Waals surface area contributed by atoms with Gasteiger partial charge in [-0.3, -0.25) is 9.78 Å². The number of methoxy groups -OCH3 is 1. The second-order valence-electron chi connectivity index (χ2n) is 8.65. The zero-order valence-corrected chi connectivity index (χ0v) is 19.0. The molecule has 2 atom stereocenters. The molecule has 10 heteroatoms. The number of aliphatic hydroxyl groups is 1. The number of nitrogens with one attached hydrogen (secondary N) is 2. The van der Waals surface area contributed by atoms with Crippen LogP contribution < -0.4 is 20.1 Å². The molecule has 0 aromatic carbocycles. The summed E-state index contributed by atoms with van der Waals surface area (Å²) in [6, 6.07) is 9.43. The van der Waals surface area contributed by atoms with Gasteiger partial charge in [-0.2, -0.15) is 0 Å². The van der Waals surface area contributed by atoms with E-state index < -0.39 is 0 Å². The van der Waals surface area contributed by atoms with Crippen LogP contribution in [0, 0.1) is 5.92 Å². The summed E-state index contributed by atoms with van der Waals surface area (Å²) in [5.74, 6) is 1.55. The number of rotatable bonds is 8. The first kappa shape index (κ1) is 22.5. The molecule has 34 heavy (non-hydrogen) atoms. The summed E-state index contributed by atoms with van der Waals surface area (Å²) in [7, 11) is 1.61. The summed E-state index contributed by atoms with van der Waals surface area (Å²) < 4.78 is 10.6. The largest absolute Gasteiger partial charge is 0.481 e. The maximum Gasteiger partial charge on any atom is 0.263 e. The van der Waals surface area contributed by atoms with Crippen LogP contribution in [0.3, 0.4) is 0 Å². The maximum atomic E-state index is 11.5. The highest BCUT2D eigenvalue weighted by atomic mass is 16.5. The lowest BCUT2D eigenvalue weighted by atomic mass is 10.1. The third kappa shape index (κ3) is 4.93. The number of likely N-dealkylation sites (tertiary alicyclic amines) is 1. The third-order valence-electron chi connectivity index (χ3n) is 6.28. The molecule has 0 bridgehead atoms. The zero-order valence-electron chi connectivity index (χ0n) is 19.0. The van der Waals surface area contributed by atoms with Crippen molar-refractivity contribution >= 4 is 22.8 Å². The molecule has 0 unspecified atom stereocenters. The molecule has 10 nitrogen and oxygen atoms in total. The Hall–Kier alpha value is -3.34. The van der Waals surface area contributed by atoms with Crippen LogP contribution >= 0.6 is 0 Å². The van der Waals surface area contributed by atoms with Crippen LogP contribution in [0.2, 0.25) is 0 Å². The normalized spacial score (nSPS) is 20.1. The Kier molecular flexibility index (Phi) is 6.52.